The first-order chi connectivity index (χ1) is 9.78. The summed E-state index contributed by atoms with van der Waals surface area (Å²) in [7, 11) is 0. The normalized spacial score (nSPS) is 18.2. The molecule has 0 radical (unpaired) electrons. The Kier molecular flexibility index (Phi) is 4.38. The minimum absolute atomic E-state index is 0.0684. The van der Waals surface area contributed by atoms with Crippen LogP contribution in [-0.2, 0) is 17.8 Å². The summed E-state index contributed by atoms with van der Waals surface area (Å²) in [6.45, 7) is 6.21. The third kappa shape index (κ3) is 3.22. The van der Waals surface area contributed by atoms with Crippen LogP contribution in [0.1, 0.15) is 46.3 Å². The van der Waals surface area contributed by atoms with Gasteiger partial charge in [-0.15, -0.1) is 11.3 Å². The number of carbonyl (C=O) groups excluding carboxylic acids is 1. The molecule has 20 heavy (non-hydrogen) atoms. The maximum atomic E-state index is 12.1. The van der Waals surface area contributed by atoms with Gasteiger partial charge in [0.25, 0.3) is 5.91 Å². The molecule has 0 spiro atoms. The van der Waals surface area contributed by atoms with E-state index in [4.69, 9.17) is 4.74 Å². The van der Waals surface area contributed by atoms with Crippen molar-refractivity contribution in [3.63, 3.8) is 0 Å². The van der Waals surface area contributed by atoms with E-state index in [2.05, 4.69) is 16.3 Å². The van der Waals surface area contributed by atoms with Crippen LogP contribution in [0.25, 0.3) is 0 Å². The van der Waals surface area contributed by atoms with Gasteiger partial charge in [-0.05, 0) is 37.8 Å². The van der Waals surface area contributed by atoms with Crippen molar-refractivity contribution in [2.75, 3.05) is 19.8 Å². The van der Waals surface area contributed by atoms with Crippen molar-refractivity contribution in [2.24, 2.45) is 0 Å². The number of thiophene rings is 1. The van der Waals surface area contributed by atoms with Crippen LogP contribution in [0.15, 0.2) is 6.07 Å². The zero-order chi connectivity index (χ0) is 13.9. The molecule has 2 aliphatic rings. The van der Waals surface area contributed by atoms with Gasteiger partial charge in [-0.2, -0.15) is 0 Å². The van der Waals surface area contributed by atoms with Crippen LogP contribution in [0.5, 0.6) is 0 Å². The van der Waals surface area contributed by atoms with E-state index >= 15 is 0 Å². The molecule has 0 saturated heterocycles. The van der Waals surface area contributed by atoms with Crippen molar-refractivity contribution < 1.29 is 9.53 Å². The predicted octanol–water partition coefficient (Wildman–Crippen LogP) is 2.38. The summed E-state index contributed by atoms with van der Waals surface area (Å²) in [4.78, 5) is 16.8. The van der Waals surface area contributed by atoms with Crippen LogP contribution in [-0.4, -0.2) is 36.6 Å². The summed E-state index contributed by atoms with van der Waals surface area (Å²) in [5.74, 6) is 0.0684. The third-order valence-electron chi connectivity index (χ3n) is 3.86. The first-order valence-corrected chi connectivity index (χ1v) is 8.31. The second-order valence-electron chi connectivity index (χ2n) is 5.50. The van der Waals surface area contributed by atoms with Crippen LogP contribution in [0.4, 0.5) is 0 Å². The molecule has 1 aliphatic carbocycles. The van der Waals surface area contributed by atoms with Crippen molar-refractivity contribution in [3.8, 4) is 0 Å². The molecule has 1 aliphatic heterocycles. The molecule has 2 heterocycles. The van der Waals surface area contributed by atoms with E-state index < -0.39 is 0 Å². The summed E-state index contributed by atoms with van der Waals surface area (Å²) in [5.41, 5.74) is 1.36. The lowest BCUT2D eigenvalue weighted by Crippen LogP contribution is -2.24. The predicted molar refractivity (Wildman–Crippen MR) is 80.0 cm³/mol. The fourth-order valence-corrected chi connectivity index (χ4v) is 3.73. The molecular formula is C15H22N2O2S. The Balaban J connectivity index is 1.46. The molecule has 110 valence electrons. The zero-order valence-electron chi connectivity index (χ0n) is 12.0. The Labute approximate surface area is 124 Å². The number of fused-ring (bicyclic) bond motifs is 1. The van der Waals surface area contributed by atoms with E-state index in [1.54, 1.807) is 11.3 Å². The van der Waals surface area contributed by atoms with Crippen molar-refractivity contribution in [1.82, 2.24) is 10.2 Å². The fourth-order valence-electron chi connectivity index (χ4n) is 2.61. The number of amides is 1. The van der Waals surface area contributed by atoms with Crippen molar-refractivity contribution in [2.45, 2.75) is 45.3 Å². The van der Waals surface area contributed by atoms with Gasteiger partial charge in [-0.1, -0.05) is 0 Å². The summed E-state index contributed by atoms with van der Waals surface area (Å²) >= 11 is 1.66. The Morgan fingerprint density at radius 1 is 1.50 bits per heavy atom. The molecule has 4 nitrogen and oxygen atoms in total. The quantitative estimate of drug-likeness (QED) is 0.785. The van der Waals surface area contributed by atoms with Crippen LogP contribution in [0.3, 0.4) is 0 Å². The minimum Gasteiger partial charge on any atom is -0.382 e. The van der Waals surface area contributed by atoms with Crippen molar-refractivity contribution in [1.29, 1.82) is 0 Å². The van der Waals surface area contributed by atoms with Gasteiger partial charge >= 0.3 is 0 Å². The SMILES string of the molecule is CCOCCCNC(=O)c1cc2c(s1)CN(C1CC1)C2. The number of rotatable bonds is 7. The highest BCUT2D eigenvalue weighted by atomic mass is 32.1. The van der Waals surface area contributed by atoms with Gasteiger partial charge in [0.15, 0.2) is 0 Å². The van der Waals surface area contributed by atoms with Gasteiger partial charge in [0.2, 0.25) is 0 Å². The zero-order valence-corrected chi connectivity index (χ0v) is 12.8. The lowest BCUT2D eigenvalue weighted by Gasteiger charge is -2.12. The summed E-state index contributed by atoms with van der Waals surface area (Å²) in [5, 5.41) is 2.97. The van der Waals surface area contributed by atoms with Crippen LogP contribution < -0.4 is 5.32 Å². The second-order valence-corrected chi connectivity index (χ2v) is 6.64. The Morgan fingerprint density at radius 3 is 3.05 bits per heavy atom. The molecule has 0 aromatic carbocycles. The van der Waals surface area contributed by atoms with Gasteiger partial charge < -0.3 is 10.1 Å². The van der Waals surface area contributed by atoms with Gasteiger partial charge in [0.1, 0.15) is 0 Å². The van der Waals surface area contributed by atoms with E-state index in [1.807, 2.05) is 6.92 Å². The molecule has 3 rings (SSSR count). The van der Waals surface area contributed by atoms with E-state index in [9.17, 15) is 4.79 Å². The van der Waals surface area contributed by atoms with Gasteiger partial charge in [0.05, 0.1) is 4.88 Å². The lowest BCUT2D eigenvalue weighted by molar-refractivity contribution is 0.0948. The van der Waals surface area contributed by atoms with Gasteiger partial charge in [0, 0.05) is 43.8 Å². The molecule has 5 heteroatoms. The Morgan fingerprint density at radius 2 is 2.35 bits per heavy atom. The van der Waals surface area contributed by atoms with E-state index in [0.717, 1.165) is 37.0 Å². The van der Waals surface area contributed by atoms with Crippen molar-refractivity contribution in [3.05, 3.63) is 21.4 Å². The standard InChI is InChI=1S/C15H22N2O2S/c1-2-19-7-3-6-16-15(18)13-8-11-9-17(12-4-5-12)10-14(11)20-13/h8,12H,2-7,9-10H2,1H3,(H,16,18). The average Bonchev–Trinajstić information content (AvgIpc) is 3.09. The fraction of sp³-hybridized carbons (Fsp3) is 0.667. The Bertz CT molecular complexity index is 459. The lowest BCUT2D eigenvalue weighted by atomic mass is 10.3. The number of ether oxygens (including phenoxy) is 1. The number of nitrogens with one attached hydrogen (secondary N) is 1. The van der Waals surface area contributed by atoms with Crippen LogP contribution in [0, 0.1) is 0 Å². The Hall–Kier alpha value is -0.910. The number of hydrogen-bond donors (Lipinski definition) is 1. The maximum absolute atomic E-state index is 12.1. The first kappa shape index (κ1) is 14.0. The number of carbonyl (C=O) groups is 1. The highest BCUT2D eigenvalue weighted by Crippen LogP contribution is 2.38. The molecule has 0 atom stereocenters. The molecular weight excluding hydrogens is 272 g/mol. The largest absolute Gasteiger partial charge is 0.382 e. The molecule has 0 bridgehead atoms. The average molecular weight is 294 g/mol. The van der Waals surface area contributed by atoms with Crippen LogP contribution in [0.2, 0.25) is 0 Å². The highest BCUT2D eigenvalue weighted by Gasteiger charge is 2.34. The molecule has 1 aromatic rings. The van der Waals surface area contributed by atoms with Gasteiger partial charge in [-0.3, -0.25) is 9.69 Å². The monoisotopic (exact) mass is 294 g/mol. The summed E-state index contributed by atoms with van der Waals surface area (Å²) in [6, 6.07) is 2.89. The highest BCUT2D eigenvalue weighted by molar-refractivity contribution is 7.14. The topological polar surface area (TPSA) is 41.6 Å². The van der Waals surface area contributed by atoms with E-state index in [-0.39, 0.29) is 5.91 Å². The second kappa shape index (κ2) is 6.24. The summed E-state index contributed by atoms with van der Waals surface area (Å²) in [6.07, 6.45) is 3.57. The van der Waals surface area contributed by atoms with Crippen molar-refractivity contribution >= 4 is 17.2 Å². The third-order valence-corrected chi connectivity index (χ3v) is 5.02. The number of hydrogen-bond acceptors (Lipinski definition) is 4. The molecule has 1 fully saturated rings. The summed E-state index contributed by atoms with van der Waals surface area (Å²) < 4.78 is 5.26. The molecule has 1 saturated carbocycles. The molecule has 1 N–H and O–H groups in total. The molecule has 1 amide bonds. The maximum Gasteiger partial charge on any atom is 0.261 e. The van der Waals surface area contributed by atoms with E-state index in [1.165, 1.54) is 23.3 Å². The number of nitrogens with zero attached hydrogens (tertiary/aromatic N) is 1. The van der Waals surface area contributed by atoms with E-state index in [0.29, 0.717) is 13.2 Å². The molecule has 1 aromatic heterocycles. The van der Waals surface area contributed by atoms with Gasteiger partial charge in [-0.25, -0.2) is 0 Å². The first-order valence-electron chi connectivity index (χ1n) is 7.49. The molecule has 0 unspecified atom stereocenters. The minimum atomic E-state index is 0.0684. The smallest absolute Gasteiger partial charge is 0.261 e. The van der Waals surface area contributed by atoms with Crippen LogP contribution >= 0.6 is 11.3 Å².